The van der Waals surface area contributed by atoms with Gasteiger partial charge >= 0.3 is 0 Å². The lowest BCUT2D eigenvalue weighted by Gasteiger charge is -2.09. The average molecular weight is 225 g/mol. The number of nitrogen functional groups attached to an aromatic ring is 1. The molecular weight excluding hydrogens is 214 g/mol. The molecule has 0 aliphatic rings. The minimum atomic E-state index is 0.447. The second kappa shape index (κ2) is 4.54. The molecular formula is C13H11N3O. The van der Waals surface area contributed by atoms with Crippen molar-refractivity contribution in [3.8, 4) is 17.6 Å². The molecule has 0 radical (unpaired) electrons. The van der Waals surface area contributed by atoms with Crippen LogP contribution < -0.4 is 10.5 Å². The summed E-state index contributed by atoms with van der Waals surface area (Å²) in [5.41, 5.74) is 7.71. The molecule has 0 aliphatic carbocycles. The van der Waals surface area contributed by atoms with Crippen LogP contribution in [-0.4, -0.2) is 4.98 Å². The Bertz CT molecular complexity index is 587. The summed E-state index contributed by atoms with van der Waals surface area (Å²) in [6.07, 6.45) is 3.08. The lowest BCUT2D eigenvalue weighted by molar-refractivity contribution is 0.475. The number of ether oxygens (including phenoxy) is 1. The monoisotopic (exact) mass is 225 g/mol. The number of hydrogen-bond acceptors (Lipinski definition) is 4. The smallest absolute Gasteiger partial charge is 0.163 e. The fraction of sp³-hybridized carbons (Fsp3) is 0.0769. The van der Waals surface area contributed by atoms with E-state index in [1.54, 1.807) is 24.4 Å². The van der Waals surface area contributed by atoms with Gasteiger partial charge in [-0.3, -0.25) is 4.98 Å². The highest BCUT2D eigenvalue weighted by atomic mass is 16.5. The van der Waals surface area contributed by atoms with Gasteiger partial charge in [-0.25, -0.2) is 0 Å². The molecule has 0 spiro atoms. The number of aromatic nitrogens is 1. The third-order valence-electron chi connectivity index (χ3n) is 2.32. The van der Waals surface area contributed by atoms with Crippen LogP contribution in [0.1, 0.15) is 11.1 Å². The molecule has 2 aromatic rings. The fourth-order valence-corrected chi connectivity index (χ4v) is 1.46. The number of rotatable bonds is 2. The Kier molecular flexibility index (Phi) is 2.93. The van der Waals surface area contributed by atoms with Gasteiger partial charge in [0.2, 0.25) is 0 Å². The number of aryl methyl sites for hydroxylation is 1. The predicted octanol–water partition coefficient (Wildman–Crippen LogP) is 2.64. The summed E-state index contributed by atoms with van der Waals surface area (Å²) in [5, 5.41) is 8.93. The maximum atomic E-state index is 8.93. The van der Waals surface area contributed by atoms with Crippen LogP contribution in [0.5, 0.6) is 11.5 Å². The van der Waals surface area contributed by atoms with E-state index in [9.17, 15) is 0 Å². The van der Waals surface area contributed by atoms with Gasteiger partial charge < -0.3 is 10.5 Å². The molecule has 2 rings (SSSR count). The molecule has 4 heteroatoms. The Morgan fingerprint density at radius 2 is 2.12 bits per heavy atom. The molecule has 0 saturated heterocycles. The van der Waals surface area contributed by atoms with Crippen molar-refractivity contribution in [3.63, 3.8) is 0 Å². The molecule has 0 saturated carbocycles. The summed E-state index contributed by atoms with van der Waals surface area (Å²) < 4.78 is 5.65. The van der Waals surface area contributed by atoms with E-state index in [2.05, 4.69) is 11.1 Å². The zero-order valence-electron chi connectivity index (χ0n) is 9.34. The maximum absolute atomic E-state index is 8.93. The van der Waals surface area contributed by atoms with Gasteiger partial charge in [0, 0.05) is 11.9 Å². The van der Waals surface area contributed by atoms with Gasteiger partial charge in [0.1, 0.15) is 11.8 Å². The zero-order valence-corrected chi connectivity index (χ0v) is 9.34. The van der Waals surface area contributed by atoms with Crippen LogP contribution in [-0.2, 0) is 0 Å². The Balaban J connectivity index is 2.35. The molecule has 1 aromatic heterocycles. The van der Waals surface area contributed by atoms with E-state index in [0.717, 1.165) is 5.56 Å². The van der Waals surface area contributed by atoms with Gasteiger partial charge in [0.15, 0.2) is 5.75 Å². The third-order valence-corrected chi connectivity index (χ3v) is 2.32. The second-order valence-electron chi connectivity index (χ2n) is 3.61. The molecule has 0 fully saturated rings. The van der Waals surface area contributed by atoms with E-state index in [-0.39, 0.29) is 0 Å². The molecule has 1 heterocycles. The lowest BCUT2D eigenvalue weighted by Crippen LogP contribution is -1.93. The standard InChI is InChI=1S/C13H11N3O/c1-9-6-11(15)2-3-12(9)17-13-8-16-5-4-10(13)7-14/h2-6,8H,15H2,1H3. The summed E-state index contributed by atoms with van der Waals surface area (Å²) in [5.74, 6) is 1.12. The van der Waals surface area contributed by atoms with E-state index in [1.165, 1.54) is 6.20 Å². The van der Waals surface area contributed by atoms with Crippen molar-refractivity contribution in [1.82, 2.24) is 4.98 Å². The second-order valence-corrected chi connectivity index (χ2v) is 3.61. The van der Waals surface area contributed by atoms with Crippen LogP contribution in [0.15, 0.2) is 36.7 Å². The number of pyridine rings is 1. The van der Waals surface area contributed by atoms with Crippen LogP contribution >= 0.6 is 0 Å². The summed E-state index contributed by atoms with van der Waals surface area (Å²) in [7, 11) is 0. The highest BCUT2D eigenvalue weighted by molar-refractivity contribution is 5.50. The van der Waals surface area contributed by atoms with Crippen molar-refractivity contribution in [2.24, 2.45) is 0 Å². The van der Waals surface area contributed by atoms with Crippen molar-refractivity contribution in [3.05, 3.63) is 47.8 Å². The van der Waals surface area contributed by atoms with Gasteiger partial charge in [0.05, 0.1) is 11.8 Å². The van der Waals surface area contributed by atoms with E-state index in [1.807, 2.05) is 13.0 Å². The van der Waals surface area contributed by atoms with Gasteiger partial charge in [-0.15, -0.1) is 0 Å². The van der Waals surface area contributed by atoms with Crippen LogP contribution in [0.2, 0.25) is 0 Å². The van der Waals surface area contributed by atoms with Crippen molar-refractivity contribution in [2.45, 2.75) is 6.92 Å². The van der Waals surface area contributed by atoms with Crippen molar-refractivity contribution < 1.29 is 4.74 Å². The molecule has 0 amide bonds. The van der Waals surface area contributed by atoms with E-state index in [0.29, 0.717) is 22.7 Å². The van der Waals surface area contributed by atoms with Gasteiger partial charge in [0.25, 0.3) is 0 Å². The van der Waals surface area contributed by atoms with Crippen molar-refractivity contribution in [1.29, 1.82) is 5.26 Å². The molecule has 17 heavy (non-hydrogen) atoms. The van der Waals surface area contributed by atoms with E-state index >= 15 is 0 Å². The van der Waals surface area contributed by atoms with Crippen molar-refractivity contribution in [2.75, 3.05) is 5.73 Å². The Hall–Kier alpha value is -2.54. The molecule has 0 atom stereocenters. The number of benzene rings is 1. The number of hydrogen-bond donors (Lipinski definition) is 1. The first kappa shape index (κ1) is 11.0. The number of anilines is 1. The fourth-order valence-electron chi connectivity index (χ4n) is 1.46. The normalized spacial score (nSPS) is 9.65. The lowest BCUT2D eigenvalue weighted by atomic mass is 10.2. The first-order valence-corrected chi connectivity index (χ1v) is 5.09. The van der Waals surface area contributed by atoms with E-state index < -0.39 is 0 Å². The molecule has 84 valence electrons. The largest absolute Gasteiger partial charge is 0.454 e. The zero-order chi connectivity index (χ0) is 12.3. The molecule has 1 aromatic carbocycles. The van der Waals surface area contributed by atoms with Crippen LogP contribution in [0, 0.1) is 18.3 Å². The van der Waals surface area contributed by atoms with Crippen LogP contribution in [0.25, 0.3) is 0 Å². The predicted molar refractivity (Wildman–Crippen MR) is 64.6 cm³/mol. The summed E-state index contributed by atoms with van der Waals surface area (Å²) in [4.78, 5) is 3.94. The Morgan fingerprint density at radius 3 is 2.82 bits per heavy atom. The topological polar surface area (TPSA) is 71.9 Å². The van der Waals surface area contributed by atoms with Crippen molar-refractivity contribution >= 4 is 5.69 Å². The Morgan fingerprint density at radius 1 is 1.29 bits per heavy atom. The summed E-state index contributed by atoms with van der Waals surface area (Å²) >= 11 is 0. The average Bonchev–Trinajstić information content (AvgIpc) is 2.33. The third kappa shape index (κ3) is 2.34. The van der Waals surface area contributed by atoms with Gasteiger partial charge in [-0.1, -0.05) is 0 Å². The maximum Gasteiger partial charge on any atom is 0.163 e. The SMILES string of the molecule is Cc1cc(N)ccc1Oc1cnccc1C#N. The quantitative estimate of drug-likeness (QED) is 0.797. The molecule has 0 unspecified atom stereocenters. The number of nitriles is 1. The molecule has 0 aliphatic heterocycles. The minimum absolute atomic E-state index is 0.447. The molecule has 2 N–H and O–H groups in total. The first-order chi connectivity index (χ1) is 8.20. The molecule has 4 nitrogen and oxygen atoms in total. The first-order valence-electron chi connectivity index (χ1n) is 5.09. The Labute approximate surface area is 99.3 Å². The minimum Gasteiger partial charge on any atom is -0.454 e. The number of nitrogens with zero attached hydrogens (tertiary/aromatic N) is 2. The highest BCUT2D eigenvalue weighted by Crippen LogP contribution is 2.27. The highest BCUT2D eigenvalue weighted by Gasteiger charge is 2.06. The number of nitrogens with two attached hydrogens (primary N) is 1. The van der Waals surface area contributed by atoms with Gasteiger partial charge in [-0.2, -0.15) is 5.26 Å². The van der Waals surface area contributed by atoms with Gasteiger partial charge in [-0.05, 0) is 36.8 Å². The van der Waals surface area contributed by atoms with E-state index in [4.69, 9.17) is 15.7 Å². The molecule has 0 bridgehead atoms. The summed E-state index contributed by atoms with van der Waals surface area (Å²) in [6, 6.07) is 9.02. The van der Waals surface area contributed by atoms with Crippen LogP contribution in [0.4, 0.5) is 5.69 Å². The van der Waals surface area contributed by atoms with Crippen LogP contribution in [0.3, 0.4) is 0 Å². The summed E-state index contributed by atoms with van der Waals surface area (Å²) in [6.45, 7) is 1.90.